The fraction of sp³-hybridized carbons (Fsp3) is 0.762. The Labute approximate surface area is 166 Å². The SMILES string of the molecule is COC(=O)[C@@]12C[C@H]1/C=C\CCC(C)C[C@@H](C)CC(=O)N1C[C@H](O)C[C@H]1C(=O)N2. The Bertz CT molecular complexity index is 663. The van der Waals surface area contributed by atoms with Crippen LogP contribution in [-0.2, 0) is 19.1 Å². The second-order valence-corrected chi connectivity index (χ2v) is 8.87. The van der Waals surface area contributed by atoms with Gasteiger partial charge in [0.05, 0.1) is 13.2 Å². The Morgan fingerprint density at radius 1 is 1.29 bits per heavy atom. The van der Waals surface area contributed by atoms with E-state index in [-0.39, 0.29) is 36.6 Å². The number of nitrogens with one attached hydrogen (secondary N) is 1. The number of fused-ring (bicyclic) bond motifs is 2. The topological polar surface area (TPSA) is 95.9 Å². The molecule has 3 rings (SSSR count). The van der Waals surface area contributed by atoms with Crippen LogP contribution >= 0.6 is 0 Å². The standard InChI is InChI=1S/C21H32N2O5/c1-13-6-4-5-7-15-11-21(15,20(27)28-3)22-19(26)17-10-16(24)12-23(17)18(25)9-14(2)8-13/h5,7,13-17,24H,4,6,8-12H2,1-3H3,(H,22,26)/b7-5-/t13?,14-,15-,16-,17+,21-/m1/s1. The maximum absolute atomic E-state index is 13.0. The van der Waals surface area contributed by atoms with E-state index in [4.69, 9.17) is 4.74 Å². The first-order chi connectivity index (χ1) is 13.3. The van der Waals surface area contributed by atoms with Gasteiger partial charge >= 0.3 is 5.97 Å². The van der Waals surface area contributed by atoms with Crippen molar-refractivity contribution >= 4 is 17.8 Å². The minimum Gasteiger partial charge on any atom is -0.467 e. The monoisotopic (exact) mass is 392 g/mol. The van der Waals surface area contributed by atoms with Crippen LogP contribution in [0.25, 0.3) is 0 Å². The second-order valence-electron chi connectivity index (χ2n) is 8.87. The molecule has 1 saturated carbocycles. The molecular formula is C21H32N2O5. The van der Waals surface area contributed by atoms with Gasteiger partial charge in [-0.05, 0) is 37.5 Å². The van der Waals surface area contributed by atoms with Crippen LogP contribution < -0.4 is 5.32 Å². The molecule has 1 unspecified atom stereocenters. The lowest BCUT2D eigenvalue weighted by molar-refractivity contribution is -0.148. The quantitative estimate of drug-likeness (QED) is 0.519. The molecule has 1 saturated heterocycles. The van der Waals surface area contributed by atoms with Gasteiger partial charge in [0.1, 0.15) is 11.6 Å². The van der Waals surface area contributed by atoms with E-state index < -0.39 is 23.7 Å². The Balaban J connectivity index is 1.85. The van der Waals surface area contributed by atoms with Crippen molar-refractivity contribution in [3.8, 4) is 0 Å². The van der Waals surface area contributed by atoms with Crippen molar-refractivity contribution in [3.63, 3.8) is 0 Å². The molecule has 2 fully saturated rings. The van der Waals surface area contributed by atoms with Crippen LogP contribution in [0.4, 0.5) is 0 Å². The van der Waals surface area contributed by atoms with Crippen LogP contribution in [0.2, 0.25) is 0 Å². The van der Waals surface area contributed by atoms with E-state index in [9.17, 15) is 19.5 Å². The molecule has 0 spiro atoms. The van der Waals surface area contributed by atoms with Gasteiger partial charge in [0.15, 0.2) is 0 Å². The molecule has 3 aliphatic rings. The van der Waals surface area contributed by atoms with Gasteiger partial charge in [0.25, 0.3) is 0 Å². The fourth-order valence-corrected chi connectivity index (χ4v) is 4.72. The minimum atomic E-state index is -1.05. The summed E-state index contributed by atoms with van der Waals surface area (Å²) in [6.07, 6.45) is 7.28. The fourth-order valence-electron chi connectivity index (χ4n) is 4.72. The smallest absolute Gasteiger partial charge is 0.332 e. The number of aliphatic hydroxyl groups is 1. The number of methoxy groups -OCH3 is 1. The molecule has 7 nitrogen and oxygen atoms in total. The maximum Gasteiger partial charge on any atom is 0.332 e. The summed E-state index contributed by atoms with van der Waals surface area (Å²) in [4.78, 5) is 39.7. The van der Waals surface area contributed by atoms with E-state index in [0.717, 1.165) is 19.3 Å². The van der Waals surface area contributed by atoms with Crippen LogP contribution in [0.1, 0.15) is 52.4 Å². The molecule has 1 aliphatic carbocycles. The molecule has 28 heavy (non-hydrogen) atoms. The van der Waals surface area contributed by atoms with Gasteiger partial charge in [-0.25, -0.2) is 4.79 Å². The number of carbonyl (C=O) groups excluding carboxylic acids is 3. The number of rotatable bonds is 1. The molecular weight excluding hydrogens is 360 g/mol. The zero-order valence-electron chi connectivity index (χ0n) is 17.0. The van der Waals surface area contributed by atoms with Gasteiger partial charge in [0, 0.05) is 25.3 Å². The Morgan fingerprint density at radius 3 is 2.75 bits per heavy atom. The molecule has 0 aromatic heterocycles. The molecule has 7 heteroatoms. The number of ether oxygens (including phenoxy) is 1. The highest BCUT2D eigenvalue weighted by Crippen LogP contribution is 2.46. The van der Waals surface area contributed by atoms with E-state index in [1.165, 1.54) is 12.0 Å². The molecule has 2 aliphatic heterocycles. The number of hydrogen-bond acceptors (Lipinski definition) is 5. The summed E-state index contributed by atoms with van der Waals surface area (Å²) in [7, 11) is 1.32. The number of allylic oxidation sites excluding steroid dienone is 1. The first kappa shape index (κ1) is 20.8. The van der Waals surface area contributed by atoms with Crippen LogP contribution in [0.3, 0.4) is 0 Å². The zero-order valence-corrected chi connectivity index (χ0v) is 17.0. The average Bonchev–Trinajstić information content (AvgIpc) is 3.17. The van der Waals surface area contributed by atoms with Gasteiger partial charge in [0.2, 0.25) is 11.8 Å². The van der Waals surface area contributed by atoms with Crippen LogP contribution in [0, 0.1) is 17.8 Å². The van der Waals surface area contributed by atoms with Crippen molar-refractivity contribution in [1.82, 2.24) is 10.2 Å². The van der Waals surface area contributed by atoms with Crippen LogP contribution in [0.15, 0.2) is 12.2 Å². The lowest BCUT2D eigenvalue weighted by Gasteiger charge is -2.27. The molecule has 0 radical (unpaired) electrons. The summed E-state index contributed by atoms with van der Waals surface area (Å²) >= 11 is 0. The molecule has 2 amide bonds. The van der Waals surface area contributed by atoms with Crippen molar-refractivity contribution in [2.45, 2.75) is 70.1 Å². The number of carbonyl (C=O) groups is 3. The van der Waals surface area contributed by atoms with Gasteiger partial charge in [-0.2, -0.15) is 0 Å². The number of nitrogens with zero attached hydrogens (tertiary/aromatic N) is 1. The molecule has 2 N–H and O–H groups in total. The predicted octanol–water partition coefficient (Wildman–Crippen LogP) is 1.40. The summed E-state index contributed by atoms with van der Waals surface area (Å²) in [5, 5.41) is 12.9. The largest absolute Gasteiger partial charge is 0.467 e. The first-order valence-electron chi connectivity index (χ1n) is 10.3. The van der Waals surface area contributed by atoms with Gasteiger partial charge in [-0.15, -0.1) is 0 Å². The van der Waals surface area contributed by atoms with E-state index in [1.54, 1.807) is 0 Å². The minimum absolute atomic E-state index is 0.0984. The van der Waals surface area contributed by atoms with E-state index in [1.807, 2.05) is 6.08 Å². The molecule has 6 atom stereocenters. The summed E-state index contributed by atoms with van der Waals surface area (Å²) in [5.74, 6) is -0.349. The second kappa shape index (κ2) is 8.23. The predicted molar refractivity (Wildman–Crippen MR) is 103 cm³/mol. The van der Waals surface area contributed by atoms with E-state index in [0.29, 0.717) is 18.8 Å². The van der Waals surface area contributed by atoms with Crippen molar-refractivity contribution in [2.75, 3.05) is 13.7 Å². The van der Waals surface area contributed by atoms with Gasteiger partial charge < -0.3 is 20.1 Å². The zero-order chi connectivity index (χ0) is 20.5. The number of hydrogen-bond donors (Lipinski definition) is 2. The van der Waals surface area contributed by atoms with Crippen LogP contribution in [-0.4, -0.2) is 59.1 Å². The van der Waals surface area contributed by atoms with E-state index >= 15 is 0 Å². The van der Waals surface area contributed by atoms with Crippen molar-refractivity contribution in [3.05, 3.63) is 12.2 Å². The molecule has 0 aromatic rings. The summed E-state index contributed by atoms with van der Waals surface area (Å²) < 4.78 is 4.94. The third kappa shape index (κ3) is 4.24. The van der Waals surface area contributed by atoms with E-state index in [2.05, 4.69) is 25.2 Å². The maximum atomic E-state index is 13.0. The summed E-state index contributed by atoms with van der Waals surface area (Å²) in [6, 6.07) is -0.746. The van der Waals surface area contributed by atoms with Crippen LogP contribution in [0.5, 0.6) is 0 Å². The van der Waals surface area contributed by atoms with Crippen molar-refractivity contribution in [2.24, 2.45) is 17.8 Å². The van der Waals surface area contributed by atoms with Gasteiger partial charge in [-0.1, -0.05) is 26.0 Å². The first-order valence-corrected chi connectivity index (χ1v) is 10.3. The molecule has 2 heterocycles. The molecule has 0 aromatic carbocycles. The third-order valence-corrected chi connectivity index (χ3v) is 6.33. The molecule has 156 valence electrons. The Kier molecular flexibility index (Phi) is 6.12. The third-order valence-electron chi connectivity index (χ3n) is 6.33. The lowest BCUT2D eigenvalue weighted by atomic mass is 9.91. The molecule has 0 bridgehead atoms. The Morgan fingerprint density at radius 2 is 2.04 bits per heavy atom. The summed E-state index contributed by atoms with van der Waals surface area (Å²) in [6.45, 7) is 4.41. The average molecular weight is 392 g/mol. The highest BCUT2D eigenvalue weighted by molar-refractivity contribution is 5.95. The van der Waals surface area contributed by atoms with Crippen molar-refractivity contribution in [1.29, 1.82) is 0 Å². The lowest BCUT2D eigenvalue weighted by Crippen LogP contribution is -2.53. The van der Waals surface area contributed by atoms with Gasteiger partial charge in [-0.3, -0.25) is 9.59 Å². The highest BCUT2D eigenvalue weighted by atomic mass is 16.5. The summed E-state index contributed by atoms with van der Waals surface area (Å²) in [5.41, 5.74) is -1.05. The number of amides is 2. The Hall–Kier alpha value is -1.89. The normalized spacial score (nSPS) is 40.4. The number of aliphatic hydroxyl groups excluding tert-OH is 1. The van der Waals surface area contributed by atoms with Crippen molar-refractivity contribution < 1.29 is 24.2 Å². The number of esters is 1. The highest BCUT2D eigenvalue weighted by Gasteiger charge is 2.62.